The van der Waals surface area contributed by atoms with Gasteiger partial charge in [-0.15, -0.1) is 5.10 Å². The van der Waals surface area contributed by atoms with Gasteiger partial charge in [-0.1, -0.05) is 30.3 Å². The Morgan fingerprint density at radius 2 is 2.06 bits per heavy atom. The molecule has 2 aromatic rings. The van der Waals surface area contributed by atoms with E-state index in [1.165, 1.54) is 24.1 Å². The van der Waals surface area contributed by atoms with Gasteiger partial charge in [0, 0.05) is 18.3 Å². The number of hydrogen-bond acceptors (Lipinski definition) is 2. The third-order valence-corrected chi connectivity index (χ3v) is 3.12. The van der Waals surface area contributed by atoms with Gasteiger partial charge in [-0.25, -0.2) is 0 Å². The molecule has 0 radical (unpaired) electrons. The molecule has 0 unspecified atom stereocenters. The lowest BCUT2D eigenvalue weighted by Crippen LogP contribution is -2.10. The number of rotatable bonds is 3. The van der Waals surface area contributed by atoms with Crippen molar-refractivity contribution >= 4 is 0 Å². The summed E-state index contributed by atoms with van der Waals surface area (Å²) in [5.41, 5.74) is 2.48. The molecule has 0 saturated carbocycles. The van der Waals surface area contributed by atoms with Gasteiger partial charge in [0.15, 0.2) is 0 Å². The number of aryl methyl sites for hydroxylation is 2. The minimum absolute atomic E-state index is 0.595. The van der Waals surface area contributed by atoms with Gasteiger partial charge in [0.25, 0.3) is 0 Å². The van der Waals surface area contributed by atoms with E-state index in [4.69, 9.17) is 4.74 Å². The van der Waals surface area contributed by atoms with Gasteiger partial charge in [-0.05, 0) is 24.8 Å². The first-order valence-corrected chi connectivity index (χ1v) is 6.15. The summed E-state index contributed by atoms with van der Waals surface area (Å²) in [5.74, 6) is 0.755. The van der Waals surface area contributed by atoms with E-state index in [0.717, 1.165) is 18.8 Å². The Labute approximate surface area is 101 Å². The highest BCUT2D eigenvalue weighted by Crippen LogP contribution is 2.19. The van der Waals surface area contributed by atoms with Gasteiger partial charge in [-0.2, -0.15) is 0 Å². The Morgan fingerprint density at radius 1 is 1.18 bits per heavy atom. The van der Waals surface area contributed by atoms with Crippen LogP contribution in [-0.4, -0.2) is 9.78 Å². The van der Waals surface area contributed by atoms with E-state index >= 15 is 0 Å². The van der Waals surface area contributed by atoms with E-state index in [-0.39, 0.29) is 0 Å². The van der Waals surface area contributed by atoms with Crippen LogP contribution < -0.4 is 4.74 Å². The Balaban J connectivity index is 1.67. The smallest absolute Gasteiger partial charge is 0.233 e. The topological polar surface area (TPSA) is 27.1 Å². The summed E-state index contributed by atoms with van der Waals surface area (Å²) in [4.78, 5) is 0. The van der Waals surface area contributed by atoms with Crippen LogP contribution in [0.4, 0.5) is 0 Å². The number of fused-ring (bicyclic) bond motifs is 1. The van der Waals surface area contributed by atoms with E-state index < -0.39 is 0 Å². The minimum Gasteiger partial charge on any atom is -0.472 e. The molecule has 17 heavy (non-hydrogen) atoms. The lowest BCUT2D eigenvalue weighted by atomic mass is 10.1. The maximum Gasteiger partial charge on any atom is 0.233 e. The highest BCUT2D eigenvalue weighted by molar-refractivity contribution is 5.19. The van der Waals surface area contributed by atoms with Crippen LogP contribution in [0.2, 0.25) is 0 Å². The summed E-state index contributed by atoms with van der Waals surface area (Å²) in [7, 11) is 0. The molecule has 3 nitrogen and oxygen atoms in total. The van der Waals surface area contributed by atoms with Crippen molar-refractivity contribution in [2.24, 2.45) is 0 Å². The predicted octanol–water partition coefficient (Wildman–Crippen LogP) is 2.80. The van der Waals surface area contributed by atoms with Crippen molar-refractivity contribution in [2.75, 3.05) is 0 Å². The maximum atomic E-state index is 5.71. The molecular formula is C14H16N2O. The molecule has 3 heteroatoms. The van der Waals surface area contributed by atoms with Crippen molar-refractivity contribution < 1.29 is 4.74 Å². The van der Waals surface area contributed by atoms with Gasteiger partial charge in [0.1, 0.15) is 6.61 Å². The molecule has 0 fully saturated rings. The first-order valence-electron chi connectivity index (χ1n) is 6.15. The van der Waals surface area contributed by atoms with E-state index in [9.17, 15) is 0 Å². The summed E-state index contributed by atoms with van der Waals surface area (Å²) >= 11 is 0. The van der Waals surface area contributed by atoms with Gasteiger partial charge in [0.2, 0.25) is 5.88 Å². The molecule has 1 aromatic heterocycles. The Bertz CT molecular complexity index is 467. The number of ether oxygens (including phenoxy) is 1. The van der Waals surface area contributed by atoms with Crippen LogP contribution in [0.15, 0.2) is 36.4 Å². The molecule has 2 heterocycles. The van der Waals surface area contributed by atoms with E-state index in [2.05, 4.69) is 28.0 Å². The first kappa shape index (κ1) is 10.4. The zero-order valence-electron chi connectivity index (χ0n) is 9.80. The second kappa shape index (κ2) is 4.62. The summed E-state index contributed by atoms with van der Waals surface area (Å²) in [5, 5.41) is 4.46. The molecule has 3 rings (SSSR count). The van der Waals surface area contributed by atoms with Crippen LogP contribution in [0.5, 0.6) is 5.88 Å². The lowest BCUT2D eigenvalue weighted by Gasteiger charge is -2.11. The highest BCUT2D eigenvalue weighted by atomic mass is 16.5. The largest absolute Gasteiger partial charge is 0.472 e. The van der Waals surface area contributed by atoms with E-state index in [1.807, 2.05) is 18.2 Å². The third kappa shape index (κ3) is 2.33. The standard InChI is InChI=1S/C14H16N2O/c1-2-6-12(7-3-1)11-17-14-10-13-8-4-5-9-16(13)15-14/h1-3,6-7,10H,4-5,8-9,11H2. The van der Waals surface area contributed by atoms with Crippen molar-refractivity contribution in [1.82, 2.24) is 9.78 Å². The number of benzene rings is 1. The SMILES string of the molecule is c1ccc(COc2cc3n(n2)CCCC3)cc1. The zero-order chi connectivity index (χ0) is 11.5. The van der Waals surface area contributed by atoms with Gasteiger partial charge in [0.05, 0.1) is 0 Å². The number of aromatic nitrogens is 2. The fourth-order valence-electron chi connectivity index (χ4n) is 2.19. The van der Waals surface area contributed by atoms with Crippen molar-refractivity contribution in [1.29, 1.82) is 0 Å². The van der Waals surface area contributed by atoms with Crippen molar-refractivity contribution in [3.8, 4) is 5.88 Å². The first-order chi connectivity index (χ1) is 8.42. The molecule has 0 bridgehead atoms. The molecule has 0 aliphatic carbocycles. The lowest BCUT2D eigenvalue weighted by molar-refractivity contribution is 0.288. The summed E-state index contributed by atoms with van der Waals surface area (Å²) in [6, 6.07) is 12.3. The fourth-order valence-corrected chi connectivity index (χ4v) is 2.19. The van der Waals surface area contributed by atoms with Crippen LogP contribution in [0, 0.1) is 0 Å². The number of nitrogens with zero attached hydrogens (tertiary/aromatic N) is 2. The van der Waals surface area contributed by atoms with Crippen LogP contribution in [0.25, 0.3) is 0 Å². The normalized spacial score (nSPS) is 14.4. The van der Waals surface area contributed by atoms with Crippen LogP contribution >= 0.6 is 0 Å². The molecule has 88 valence electrons. The average Bonchev–Trinajstić information content (AvgIpc) is 2.80. The molecular weight excluding hydrogens is 212 g/mol. The maximum absolute atomic E-state index is 5.71. The monoisotopic (exact) mass is 228 g/mol. The highest BCUT2D eigenvalue weighted by Gasteiger charge is 2.12. The molecule has 0 N–H and O–H groups in total. The van der Waals surface area contributed by atoms with Gasteiger partial charge < -0.3 is 4.74 Å². The van der Waals surface area contributed by atoms with Crippen LogP contribution in [0.1, 0.15) is 24.1 Å². The van der Waals surface area contributed by atoms with Crippen LogP contribution in [0.3, 0.4) is 0 Å². The third-order valence-electron chi connectivity index (χ3n) is 3.12. The van der Waals surface area contributed by atoms with Crippen molar-refractivity contribution in [3.63, 3.8) is 0 Å². The van der Waals surface area contributed by atoms with Crippen molar-refractivity contribution in [2.45, 2.75) is 32.4 Å². The summed E-state index contributed by atoms with van der Waals surface area (Å²) < 4.78 is 7.79. The molecule has 0 amide bonds. The zero-order valence-corrected chi connectivity index (χ0v) is 9.80. The second-order valence-corrected chi connectivity index (χ2v) is 4.43. The summed E-state index contributed by atoms with van der Waals surface area (Å²) in [6.07, 6.45) is 3.62. The molecule has 1 aliphatic heterocycles. The second-order valence-electron chi connectivity index (χ2n) is 4.43. The molecule has 1 aliphatic rings. The summed E-state index contributed by atoms with van der Waals surface area (Å²) in [6.45, 7) is 1.63. The predicted molar refractivity (Wildman–Crippen MR) is 65.9 cm³/mol. The number of hydrogen-bond donors (Lipinski definition) is 0. The van der Waals surface area contributed by atoms with Gasteiger partial charge >= 0.3 is 0 Å². The van der Waals surface area contributed by atoms with E-state index in [0.29, 0.717) is 6.61 Å². The molecule has 0 atom stereocenters. The Hall–Kier alpha value is -1.77. The average molecular weight is 228 g/mol. The quantitative estimate of drug-likeness (QED) is 0.807. The molecule has 0 spiro atoms. The fraction of sp³-hybridized carbons (Fsp3) is 0.357. The van der Waals surface area contributed by atoms with Gasteiger partial charge in [-0.3, -0.25) is 4.68 Å². The molecule has 0 saturated heterocycles. The molecule has 1 aromatic carbocycles. The van der Waals surface area contributed by atoms with Crippen LogP contribution in [-0.2, 0) is 19.6 Å². The van der Waals surface area contributed by atoms with Crippen molar-refractivity contribution in [3.05, 3.63) is 47.7 Å². The minimum atomic E-state index is 0.595. The van der Waals surface area contributed by atoms with E-state index in [1.54, 1.807) is 0 Å². The Morgan fingerprint density at radius 3 is 2.88 bits per heavy atom. The Kier molecular flexibility index (Phi) is 2.82.